The highest BCUT2D eigenvalue weighted by Crippen LogP contribution is 2.26. The first-order chi connectivity index (χ1) is 21.3. The van der Waals surface area contributed by atoms with Crippen molar-refractivity contribution in [3.63, 3.8) is 0 Å². The second kappa shape index (κ2) is 15.8. The fourth-order valence-corrected chi connectivity index (χ4v) is 5.18. The number of rotatable bonds is 13. The van der Waals surface area contributed by atoms with Crippen LogP contribution in [0.4, 0.5) is 0 Å². The third-order valence-corrected chi connectivity index (χ3v) is 7.61. The lowest BCUT2D eigenvalue weighted by Crippen LogP contribution is -2.47. The van der Waals surface area contributed by atoms with Crippen molar-refractivity contribution in [1.82, 2.24) is 10.2 Å². The lowest BCUT2D eigenvalue weighted by Gasteiger charge is -2.31. The minimum absolute atomic E-state index is 0.0859. The fraction of sp³-hybridized carbons (Fsp3) is 0.229. The summed E-state index contributed by atoms with van der Waals surface area (Å²) in [7, 11) is 0. The monoisotopic (exact) mass is 657 g/mol. The van der Waals surface area contributed by atoms with E-state index in [2.05, 4.69) is 21.2 Å². The van der Waals surface area contributed by atoms with Crippen LogP contribution >= 0.6 is 15.9 Å². The second-order valence-electron chi connectivity index (χ2n) is 10.3. The van der Waals surface area contributed by atoms with Crippen LogP contribution in [0.25, 0.3) is 11.1 Å². The molecule has 4 N–H and O–H groups in total. The van der Waals surface area contributed by atoms with Gasteiger partial charge in [-0.25, -0.2) is 4.79 Å². The van der Waals surface area contributed by atoms with Gasteiger partial charge in [0.25, 0.3) is 5.91 Å². The Morgan fingerprint density at radius 1 is 0.909 bits per heavy atom. The van der Waals surface area contributed by atoms with Gasteiger partial charge in [0.1, 0.15) is 11.8 Å². The van der Waals surface area contributed by atoms with E-state index in [1.54, 1.807) is 48.2 Å². The molecule has 0 unspecified atom stereocenters. The molecule has 0 heterocycles. The van der Waals surface area contributed by atoms with Crippen LogP contribution in [0.2, 0.25) is 0 Å². The average Bonchev–Trinajstić information content (AvgIpc) is 3.03. The van der Waals surface area contributed by atoms with Gasteiger partial charge in [0.15, 0.2) is 0 Å². The minimum Gasteiger partial charge on any atom is -0.508 e. The molecule has 9 heteroatoms. The fourth-order valence-electron chi connectivity index (χ4n) is 4.91. The number of carbonyl (C=O) groups is 3. The molecule has 1 atom stereocenters. The predicted octanol–water partition coefficient (Wildman–Crippen LogP) is 5.26. The van der Waals surface area contributed by atoms with E-state index in [-0.39, 0.29) is 43.6 Å². The number of nitrogens with one attached hydrogen (secondary N) is 1. The Hall–Kier alpha value is -4.47. The Labute approximate surface area is 266 Å². The van der Waals surface area contributed by atoms with E-state index in [9.17, 15) is 19.5 Å². The summed E-state index contributed by atoms with van der Waals surface area (Å²) in [6.07, 6.45) is 0.289. The smallest absolute Gasteiger partial charge is 0.329 e. The Kier molecular flexibility index (Phi) is 11.7. The van der Waals surface area contributed by atoms with E-state index in [1.165, 1.54) is 0 Å². The van der Waals surface area contributed by atoms with E-state index in [0.29, 0.717) is 18.7 Å². The van der Waals surface area contributed by atoms with Crippen molar-refractivity contribution in [3.8, 4) is 16.9 Å². The average molecular weight is 659 g/mol. The third-order valence-electron chi connectivity index (χ3n) is 7.08. The highest BCUT2D eigenvalue weighted by atomic mass is 79.9. The maximum Gasteiger partial charge on any atom is 0.329 e. The lowest BCUT2D eigenvalue weighted by molar-refractivity contribution is -0.155. The van der Waals surface area contributed by atoms with E-state index in [0.717, 1.165) is 32.3 Å². The van der Waals surface area contributed by atoms with Gasteiger partial charge in [-0.1, -0.05) is 76.6 Å². The summed E-state index contributed by atoms with van der Waals surface area (Å²) >= 11 is 3.43. The summed E-state index contributed by atoms with van der Waals surface area (Å²) in [4.78, 5) is 41.9. The van der Waals surface area contributed by atoms with Crippen LogP contribution in [-0.4, -0.2) is 53.5 Å². The number of benzene rings is 4. The lowest BCUT2D eigenvalue weighted by atomic mass is 9.97. The Morgan fingerprint density at radius 2 is 1.61 bits per heavy atom. The van der Waals surface area contributed by atoms with Crippen LogP contribution in [0.1, 0.15) is 34.0 Å². The van der Waals surface area contributed by atoms with Crippen molar-refractivity contribution in [1.29, 1.82) is 0 Å². The zero-order valence-corrected chi connectivity index (χ0v) is 26.1. The molecule has 0 bridgehead atoms. The van der Waals surface area contributed by atoms with Gasteiger partial charge in [-0.15, -0.1) is 0 Å². The molecule has 0 fully saturated rings. The zero-order valence-electron chi connectivity index (χ0n) is 24.5. The Morgan fingerprint density at radius 3 is 2.32 bits per heavy atom. The number of phenolic OH excluding ortho intramolecular Hbond substituents is 1. The molecule has 4 rings (SSSR count). The van der Waals surface area contributed by atoms with Crippen molar-refractivity contribution in [3.05, 3.63) is 124 Å². The molecule has 0 aliphatic heterocycles. The van der Waals surface area contributed by atoms with E-state index in [4.69, 9.17) is 10.5 Å². The summed E-state index contributed by atoms with van der Waals surface area (Å²) in [5.41, 5.74) is 9.99. The van der Waals surface area contributed by atoms with Crippen LogP contribution in [-0.2, 0) is 33.7 Å². The van der Waals surface area contributed by atoms with Crippen molar-refractivity contribution in [2.45, 2.75) is 32.4 Å². The van der Waals surface area contributed by atoms with Crippen LogP contribution in [0.5, 0.6) is 5.75 Å². The molecule has 0 saturated heterocycles. The largest absolute Gasteiger partial charge is 0.508 e. The maximum absolute atomic E-state index is 14.0. The number of esters is 1. The van der Waals surface area contributed by atoms with Crippen LogP contribution in [0.3, 0.4) is 0 Å². The quantitative estimate of drug-likeness (QED) is 0.169. The van der Waals surface area contributed by atoms with Crippen LogP contribution in [0.15, 0.2) is 102 Å². The number of amides is 2. The molecular weight excluding hydrogens is 622 g/mol. The van der Waals surface area contributed by atoms with Gasteiger partial charge in [0, 0.05) is 36.1 Å². The van der Waals surface area contributed by atoms with Gasteiger partial charge in [-0.2, -0.15) is 0 Å². The predicted molar refractivity (Wildman–Crippen MR) is 174 cm³/mol. The molecule has 0 aliphatic carbocycles. The summed E-state index contributed by atoms with van der Waals surface area (Å²) in [5.74, 6) is -0.864. The maximum atomic E-state index is 14.0. The number of aromatic hydroxyl groups is 1. The Bertz CT molecular complexity index is 1570. The van der Waals surface area contributed by atoms with Gasteiger partial charge in [0.2, 0.25) is 5.91 Å². The van der Waals surface area contributed by atoms with Crippen LogP contribution < -0.4 is 11.1 Å². The van der Waals surface area contributed by atoms with Gasteiger partial charge in [0.05, 0.1) is 13.0 Å². The number of nitrogens with zero attached hydrogens (tertiary/aromatic N) is 1. The number of phenols is 1. The van der Waals surface area contributed by atoms with Crippen molar-refractivity contribution < 1.29 is 24.2 Å². The SMILES string of the molecule is CCOC(=O)[C@H](Cc1ccc(O)cc1)N(Cc1cccc(-c2ccccc2C(=O)NCCN)c1)C(=O)Cc1ccc(Br)cc1. The standard InChI is InChI=1S/C35H36BrN3O5/c1-2-44-35(43)32(21-24-12-16-29(40)17-13-24)39(33(41)22-25-10-14-28(36)15-11-25)23-26-6-5-7-27(20-26)30-8-3-4-9-31(30)34(42)38-19-18-37/h3-17,20,32,40H,2,18-19,21-23,37H2,1H3,(H,38,42)/t32-/m0/s1. The van der Waals surface area contributed by atoms with Gasteiger partial charge >= 0.3 is 5.97 Å². The van der Waals surface area contributed by atoms with Gasteiger partial charge in [-0.3, -0.25) is 9.59 Å². The Balaban J connectivity index is 1.71. The molecule has 0 radical (unpaired) electrons. The zero-order chi connectivity index (χ0) is 31.5. The highest BCUT2D eigenvalue weighted by molar-refractivity contribution is 9.10. The van der Waals surface area contributed by atoms with E-state index >= 15 is 0 Å². The molecule has 0 spiro atoms. The number of ether oxygens (including phenoxy) is 1. The summed E-state index contributed by atoms with van der Waals surface area (Å²) in [5, 5.41) is 12.6. The summed E-state index contributed by atoms with van der Waals surface area (Å²) in [6.45, 7) is 2.72. The molecule has 4 aromatic carbocycles. The summed E-state index contributed by atoms with van der Waals surface area (Å²) < 4.78 is 6.36. The van der Waals surface area contributed by atoms with Gasteiger partial charge < -0.3 is 25.8 Å². The number of hydrogen-bond donors (Lipinski definition) is 3. The van der Waals surface area contributed by atoms with Gasteiger partial charge in [-0.05, 0) is 71.1 Å². The molecule has 4 aromatic rings. The van der Waals surface area contributed by atoms with Crippen molar-refractivity contribution in [2.75, 3.05) is 19.7 Å². The first-order valence-corrected chi connectivity index (χ1v) is 15.2. The first kappa shape index (κ1) is 32.4. The van der Waals surface area contributed by atoms with E-state index < -0.39 is 12.0 Å². The van der Waals surface area contributed by atoms with Crippen LogP contribution in [0, 0.1) is 0 Å². The third kappa shape index (κ3) is 8.78. The number of carbonyl (C=O) groups excluding carboxylic acids is 3. The molecule has 228 valence electrons. The molecule has 0 saturated carbocycles. The molecular formula is C35H36BrN3O5. The van der Waals surface area contributed by atoms with Crippen molar-refractivity contribution in [2.24, 2.45) is 5.73 Å². The topological polar surface area (TPSA) is 122 Å². The first-order valence-electron chi connectivity index (χ1n) is 14.4. The normalized spacial score (nSPS) is 11.4. The molecule has 44 heavy (non-hydrogen) atoms. The molecule has 8 nitrogen and oxygen atoms in total. The van der Waals surface area contributed by atoms with E-state index in [1.807, 2.05) is 60.7 Å². The number of nitrogens with two attached hydrogens (primary N) is 1. The highest BCUT2D eigenvalue weighted by Gasteiger charge is 2.31. The molecule has 2 amide bonds. The summed E-state index contributed by atoms with van der Waals surface area (Å²) in [6, 6.07) is 28.0. The molecule has 0 aromatic heterocycles. The second-order valence-corrected chi connectivity index (χ2v) is 11.2. The minimum atomic E-state index is -0.916. The van der Waals surface area contributed by atoms with Crippen molar-refractivity contribution >= 4 is 33.7 Å². The number of hydrogen-bond acceptors (Lipinski definition) is 6. The number of halogens is 1. The molecule has 0 aliphatic rings.